The van der Waals surface area contributed by atoms with Crippen LogP contribution in [0.2, 0.25) is 0 Å². The average molecular weight is 216 g/mol. The molecule has 2 aromatic rings. The summed E-state index contributed by atoms with van der Waals surface area (Å²) in [6, 6.07) is 9.83. The van der Waals surface area contributed by atoms with E-state index in [0.717, 1.165) is 11.1 Å². The van der Waals surface area contributed by atoms with Crippen molar-refractivity contribution in [2.45, 2.75) is 25.9 Å². The largest absolute Gasteiger partial charge is 0.472 e. The Balaban J connectivity index is 2.22. The van der Waals surface area contributed by atoms with E-state index in [4.69, 9.17) is 4.42 Å². The zero-order chi connectivity index (χ0) is 11.5. The van der Waals surface area contributed by atoms with Crippen molar-refractivity contribution in [2.24, 2.45) is 0 Å². The van der Waals surface area contributed by atoms with Crippen LogP contribution in [0.25, 0.3) is 0 Å². The molecule has 0 saturated carbocycles. The van der Waals surface area contributed by atoms with Crippen molar-refractivity contribution in [1.82, 2.24) is 0 Å². The van der Waals surface area contributed by atoms with Gasteiger partial charge in [0.1, 0.15) is 6.10 Å². The first-order chi connectivity index (χ1) is 7.68. The average Bonchev–Trinajstić information content (AvgIpc) is 2.81. The van der Waals surface area contributed by atoms with Gasteiger partial charge in [0.15, 0.2) is 0 Å². The standard InChI is InChI=1S/C14H16O2/c1-10(2)11-3-5-12(6-4-11)14(15)13-7-8-16-9-13/h3-10,14-15H,1-2H3/t14-/m1/s1. The molecule has 0 fully saturated rings. The zero-order valence-electron chi connectivity index (χ0n) is 9.55. The van der Waals surface area contributed by atoms with E-state index in [2.05, 4.69) is 26.0 Å². The highest BCUT2D eigenvalue weighted by Gasteiger charge is 2.11. The van der Waals surface area contributed by atoms with Gasteiger partial charge in [0, 0.05) is 5.56 Å². The fourth-order valence-electron chi connectivity index (χ4n) is 1.69. The number of aliphatic hydroxyl groups excluding tert-OH is 1. The first-order valence-electron chi connectivity index (χ1n) is 5.48. The van der Waals surface area contributed by atoms with Crippen LogP contribution < -0.4 is 0 Å². The highest BCUT2D eigenvalue weighted by molar-refractivity contribution is 5.31. The van der Waals surface area contributed by atoms with Gasteiger partial charge in [-0.05, 0) is 23.1 Å². The molecule has 1 heterocycles. The van der Waals surface area contributed by atoms with Crippen molar-refractivity contribution < 1.29 is 9.52 Å². The first kappa shape index (κ1) is 11.0. The molecular weight excluding hydrogens is 200 g/mol. The molecule has 1 N–H and O–H groups in total. The fraction of sp³-hybridized carbons (Fsp3) is 0.286. The van der Waals surface area contributed by atoms with E-state index in [-0.39, 0.29) is 0 Å². The Hall–Kier alpha value is -1.54. The predicted octanol–water partition coefficient (Wildman–Crippen LogP) is 3.48. The third kappa shape index (κ3) is 2.17. The normalized spacial score (nSPS) is 13.0. The summed E-state index contributed by atoms with van der Waals surface area (Å²) in [6.07, 6.45) is 2.54. The topological polar surface area (TPSA) is 33.4 Å². The molecule has 2 heteroatoms. The maximum absolute atomic E-state index is 10.1. The van der Waals surface area contributed by atoms with Crippen LogP contribution in [0.4, 0.5) is 0 Å². The van der Waals surface area contributed by atoms with E-state index >= 15 is 0 Å². The number of hydrogen-bond acceptors (Lipinski definition) is 2. The minimum atomic E-state index is -0.597. The van der Waals surface area contributed by atoms with Gasteiger partial charge in [-0.3, -0.25) is 0 Å². The second-order valence-electron chi connectivity index (χ2n) is 4.28. The predicted molar refractivity (Wildman–Crippen MR) is 63.3 cm³/mol. The molecule has 0 aliphatic carbocycles. The monoisotopic (exact) mass is 216 g/mol. The van der Waals surface area contributed by atoms with Gasteiger partial charge in [0.25, 0.3) is 0 Å². The zero-order valence-corrected chi connectivity index (χ0v) is 9.55. The van der Waals surface area contributed by atoms with E-state index in [1.54, 1.807) is 18.6 Å². The van der Waals surface area contributed by atoms with Crippen molar-refractivity contribution in [2.75, 3.05) is 0 Å². The summed E-state index contributed by atoms with van der Waals surface area (Å²) in [6.45, 7) is 4.31. The molecule has 0 radical (unpaired) electrons. The van der Waals surface area contributed by atoms with Crippen molar-refractivity contribution in [1.29, 1.82) is 0 Å². The molecule has 84 valence electrons. The molecule has 0 spiro atoms. The first-order valence-corrected chi connectivity index (χ1v) is 5.48. The minimum absolute atomic E-state index is 0.514. The number of benzene rings is 1. The molecule has 2 nitrogen and oxygen atoms in total. The Labute approximate surface area is 95.5 Å². The third-order valence-corrected chi connectivity index (χ3v) is 2.78. The Morgan fingerprint density at radius 1 is 0.938 bits per heavy atom. The maximum atomic E-state index is 10.1. The summed E-state index contributed by atoms with van der Waals surface area (Å²) >= 11 is 0. The lowest BCUT2D eigenvalue weighted by Gasteiger charge is -2.11. The minimum Gasteiger partial charge on any atom is -0.472 e. The highest BCUT2D eigenvalue weighted by Crippen LogP contribution is 2.24. The number of aliphatic hydroxyl groups is 1. The van der Waals surface area contributed by atoms with Crippen molar-refractivity contribution in [3.63, 3.8) is 0 Å². The van der Waals surface area contributed by atoms with Crippen molar-refractivity contribution >= 4 is 0 Å². The Kier molecular flexibility index (Phi) is 3.11. The number of rotatable bonds is 3. The molecule has 0 aliphatic rings. The van der Waals surface area contributed by atoms with E-state index in [1.165, 1.54) is 5.56 Å². The lowest BCUT2D eigenvalue weighted by atomic mass is 9.98. The van der Waals surface area contributed by atoms with Gasteiger partial charge in [-0.25, -0.2) is 0 Å². The summed E-state index contributed by atoms with van der Waals surface area (Å²) < 4.78 is 4.96. The van der Waals surface area contributed by atoms with Crippen molar-refractivity contribution in [3.05, 3.63) is 59.5 Å². The van der Waals surface area contributed by atoms with E-state index in [1.807, 2.05) is 12.1 Å². The Morgan fingerprint density at radius 2 is 1.56 bits per heavy atom. The SMILES string of the molecule is CC(C)c1ccc([C@@H](O)c2ccoc2)cc1. The summed E-state index contributed by atoms with van der Waals surface area (Å²) in [4.78, 5) is 0. The van der Waals surface area contributed by atoms with Gasteiger partial charge < -0.3 is 9.52 Å². The molecule has 0 amide bonds. The summed E-state index contributed by atoms with van der Waals surface area (Å²) in [5.74, 6) is 0.514. The van der Waals surface area contributed by atoms with Gasteiger partial charge in [-0.15, -0.1) is 0 Å². The van der Waals surface area contributed by atoms with Crippen LogP contribution in [-0.2, 0) is 0 Å². The molecule has 1 atom stereocenters. The van der Waals surface area contributed by atoms with Crippen LogP contribution in [0.5, 0.6) is 0 Å². The third-order valence-electron chi connectivity index (χ3n) is 2.78. The molecule has 0 unspecified atom stereocenters. The summed E-state index contributed by atoms with van der Waals surface area (Å²) in [7, 11) is 0. The molecule has 0 saturated heterocycles. The molecule has 2 rings (SSSR count). The van der Waals surface area contributed by atoms with Gasteiger partial charge in [0.05, 0.1) is 12.5 Å². The number of furan rings is 1. The van der Waals surface area contributed by atoms with Crippen LogP contribution in [0.15, 0.2) is 47.3 Å². The maximum Gasteiger partial charge on any atom is 0.107 e. The molecule has 0 aliphatic heterocycles. The second-order valence-corrected chi connectivity index (χ2v) is 4.28. The van der Waals surface area contributed by atoms with Crippen LogP contribution in [-0.4, -0.2) is 5.11 Å². The lowest BCUT2D eigenvalue weighted by molar-refractivity contribution is 0.219. The quantitative estimate of drug-likeness (QED) is 0.852. The van der Waals surface area contributed by atoms with E-state index in [9.17, 15) is 5.11 Å². The van der Waals surface area contributed by atoms with Crippen molar-refractivity contribution in [3.8, 4) is 0 Å². The summed E-state index contributed by atoms with van der Waals surface area (Å²) in [5.41, 5.74) is 2.96. The van der Waals surface area contributed by atoms with Crippen LogP contribution in [0.3, 0.4) is 0 Å². The van der Waals surface area contributed by atoms with E-state index < -0.39 is 6.10 Å². The Bertz CT molecular complexity index is 426. The molecule has 1 aromatic heterocycles. The summed E-state index contributed by atoms with van der Waals surface area (Å²) in [5, 5.41) is 10.1. The Morgan fingerprint density at radius 3 is 2.06 bits per heavy atom. The van der Waals surface area contributed by atoms with E-state index in [0.29, 0.717) is 5.92 Å². The molecule has 0 bridgehead atoms. The molecular formula is C14H16O2. The molecule has 16 heavy (non-hydrogen) atoms. The van der Waals surface area contributed by atoms with Gasteiger partial charge in [0.2, 0.25) is 0 Å². The fourth-order valence-corrected chi connectivity index (χ4v) is 1.69. The van der Waals surface area contributed by atoms with Gasteiger partial charge in [-0.2, -0.15) is 0 Å². The van der Waals surface area contributed by atoms with Gasteiger partial charge >= 0.3 is 0 Å². The van der Waals surface area contributed by atoms with Gasteiger partial charge in [-0.1, -0.05) is 38.1 Å². The smallest absolute Gasteiger partial charge is 0.107 e. The highest BCUT2D eigenvalue weighted by atomic mass is 16.3. The second kappa shape index (κ2) is 4.54. The lowest BCUT2D eigenvalue weighted by Crippen LogP contribution is -1.98. The number of hydrogen-bond donors (Lipinski definition) is 1. The van der Waals surface area contributed by atoms with Crippen LogP contribution in [0, 0.1) is 0 Å². The van der Waals surface area contributed by atoms with Crippen LogP contribution in [0.1, 0.15) is 42.6 Å². The molecule has 1 aromatic carbocycles. The van der Waals surface area contributed by atoms with Crippen LogP contribution >= 0.6 is 0 Å².